The minimum Gasteiger partial charge on any atom is -0.374 e. The molecule has 4 rings (SSSR count). The smallest absolute Gasteiger partial charge is 0.229 e. The van der Waals surface area contributed by atoms with Crippen LogP contribution in [0.15, 0.2) is 0 Å². The summed E-state index contributed by atoms with van der Waals surface area (Å²) in [5.41, 5.74) is 3.32. The van der Waals surface area contributed by atoms with Gasteiger partial charge < -0.3 is 10.1 Å². The maximum absolute atomic E-state index is 12.5. The van der Waals surface area contributed by atoms with Gasteiger partial charge in [0.15, 0.2) is 0 Å². The summed E-state index contributed by atoms with van der Waals surface area (Å²) >= 11 is 1.32. The van der Waals surface area contributed by atoms with Gasteiger partial charge in [0.1, 0.15) is 11.6 Å². The fraction of sp³-hybridized carbons (Fsp3) is 0.588. The quantitative estimate of drug-likeness (QED) is 0.728. The summed E-state index contributed by atoms with van der Waals surface area (Å²) in [5.74, 6) is -0.613. The van der Waals surface area contributed by atoms with Gasteiger partial charge in [0, 0.05) is 25.3 Å². The molecular formula is C17H22N6O3S. The van der Waals surface area contributed by atoms with E-state index in [2.05, 4.69) is 25.7 Å². The Morgan fingerprint density at radius 1 is 1.41 bits per heavy atom. The summed E-state index contributed by atoms with van der Waals surface area (Å²) in [6.45, 7) is 3.61. The molecule has 2 N–H and O–H groups in total. The number of carbonyl (C=O) groups excluding carboxylic acids is 2. The molecule has 1 atom stereocenters. The third kappa shape index (κ3) is 3.72. The number of amides is 2. The van der Waals surface area contributed by atoms with Gasteiger partial charge >= 0.3 is 0 Å². The maximum Gasteiger partial charge on any atom is 0.229 e. The highest BCUT2D eigenvalue weighted by Gasteiger charge is 2.36. The zero-order valence-electron chi connectivity index (χ0n) is 15.2. The highest BCUT2D eigenvalue weighted by atomic mass is 32.1. The van der Waals surface area contributed by atoms with Crippen LogP contribution < -0.4 is 10.2 Å². The molecule has 1 aliphatic carbocycles. The van der Waals surface area contributed by atoms with Gasteiger partial charge in [-0.2, -0.15) is 5.10 Å². The maximum atomic E-state index is 12.5. The molecule has 2 aliphatic rings. The number of fused-ring (bicyclic) bond motifs is 1. The number of hydrogen-bond acceptors (Lipinski definition) is 7. The second-order valence-corrected chi connectivity index (χ2v) is 7.76. The molecule has 0 aromatic carbocycles. The lowest BCUT2D eigenvalue weighted by molar-refractivity contribution is -0.126. The molecule has 0 spiro atoms. The van der Waals surface area contributed by atoms with E-state index in [9.17, 15) is 9.59 Å². The molecule has 0 bridgehead atoms. The molecule has 0 radical (unpaired) electrons. The van der Waals surface area contributed by atoms with Crippen molar-refractivity contribution in [3.8, 4) is 0 Å². The number of anilines is 1. The molecule has 2 amide bonds. The number of nitrogens with zero attached hydrogens (tertiary/aromatic N) is 4. The molecule has 1 aliphatic heterocycles. The zero-order valence-corrected chi connectivity index (χ0v) is 16.0. The van der Waals surface area contributed by atoms with Crippen LogP contribution >= 0.6 is 11.3 Å². The first-order valence-corrected chi connectivity index (χ1v) is 10.0. The zero-order chi connectivity index (χ0) is 18.8. The van der Waals surface area contributed by atoms with Crippen LogP contribution in [0.5, 0.6) is 0 Å². The Hall–Kier alpha value is -2.33. The SMILES string of the molecule is CCOCc1nnc(N2CC(C(=O)NCc3n[nH]c4c3CCC4)CC2=O)s1. The fourth-order valence-corrected chi connectivity index (χ4v) is 4.32. The molecule has 2 aromatic rings. The van der Waals surface area contributed by atoms with Crippen molar-refractivity contribution in [2.24, 2.45) is 5.92 Å². The summed E-state index contributed by atoms with van der Waals surface area (Å²) in [7, 11) is 0. The Kier molecular flexibility index (Phi) is 5.17. The van der Waals surface area contributed by atoms with Crippen molar-refractivity contribution in [1.29, 1.82) is 0 Å². The van der Waals surface area contributed by atoms with E-state index < -0.39 is 0 Å². The second kappa shape index (κ2) is 7.73. The van der Waals surface area contributed by atoms with E-state index >= 15 is 0 Å². The van der Waals surface area contributed by atoms with Crippen LogP contribution in [-0.4, -0.2) is 45.4 Å². The normalized spacial score (nSPS) is 18.9. The van der Waals surface area contributed by atoms with Crippen molar-refractivity contribution in [3.63, 3.8) is 0 Å². The van der Waals surface area contributed by atoms with Gasteiger partial charge in [-0.15, -0.1) is 10.2 Å². The molecule has 144 valence electrons. The first-order chi connectivity index (χ1) is 13.2. The second-order valence-electron chi connectivity index (χ2n) is 6.72. The first kappa shape index (κ1) is 18.1. The number of ether oxygens (including phenoxy) is 1. The highest BCUT2D eigenvalue weighted by Crippen LogP contribution is 2.28. The van der Waals surface area contributed by atoms with E-state index in [0.29, 0.717) is 31.4 Å². The lowest BCUT2D eigenvalue weighted by atomic mass is 10.1. The number of nitrogens with one attached hydrogen (secondary N) is 2. The van der Waals surface area contributed by atoms with Crippen molar-refractivity contribution >= 4 is 28.3 Å². The number of H-pyrrole nitrogens is 1. The van der Waals surface area contributed by atoms with Gasteiger partial charge in [-0.3, -0.25) is 19.6 Å². The predicted octanol–water partition coefficient (Wildman–Crippen LogP) is 0.956. The molecule has 3 heterocycles. The largest absolute Gasteiger partial charge is 0.374 e. The van der Waals surface area contributed by atoms with Crippen LogP contribution in [0.2, 0.25) is 0 Å². The van der Waals surface area contributed by atoms with E-state index in [0.717, 1.165) is 30.0 Å². The Morgan fingerprint density at radius 2 is 2.30 bits per heavy atom. The molecule has 10 heteroatoms. The number of carbonyl (C=O) groups is 2. The van der Waals surface area contributed by atoms with Gasteiger partial charge in [-0.25, -0.2) is 0 Å². The van der Waals surface area contributed by atoms with Gasteiger partial charge in [0.25, 0.3) is 0 Å². The Balaban J connectivity index is 1.34. The van der Waals surface area contributed by atoms with E-state index in [1.807, 2.05) is 6.92 Å². The molecule has 9 nitrogen and oxygen atoms in total. The van der Waals surface area contributed by atoms with Crippen molar-refractivity contribution in [2.75, 3.05) is 18.1 Å². The molecule has 27 heavy (non-hydrogen) atoms. The molecule has 0 saturated carbocycles. The van der Waals surface area contributed by atoms with Crippen molar-refractivity contribution in [3.05, 3.63) is 22.0 Å². The summed E-state index contributed by atoms with van der Waals surface area (Å²) in [5, 5.41) is 19.6. The Morgan fingerprint density at radius 3 is 3.15 bits per heavy atom. The number of rotatable bonds is 7. The molecule has 2 aromatic heterocycles. The third-order valence-electron chi connectivity index (χ3n) is 4.93. The van der Waals surface area contributed by atoms with Crippen LogP contribution in [0.3, 0.4) is 0 Å². The lowest BCUT2D eigenvalue weighted by Crippen LogP contribution is -2.32. The summed E-state index contributed by atoms with van der Waals surface area (Å²) in [4.78, 5) is 26.4. The molecule has 1 fully saturated rings. The lowest BCUT2D eigenvalue weighted by Gasteiger charge is -2.12. The summed E-state index contributed by atoms with van der Waals surface area (Å²) in [6.07, 6.45) is 3.35. The van der Waals surface area contributed by atoms with Crippen LogP contribution in [0.4, 0.5) is 5.13 Å². The van der Waals surface area contributed by atoms with E-state index in [4.69, 9.17) is 4.74 Å². The number of aromatic amines is 1. The Bertz CT molecular complexity index is 848. The number of aryl methyl sites for hydroxylation is 1. The van der Waals surface area contributed by atoms with E-state index in [1.54, 1.807) is 4.90 Å². The van der Waals surface area contributed by atoms with Crippen LogP contribution in [-0.2, 0) is 40.3 Å². The minimum atomic E-state index is -0.385. The molecule has 1 saturated heterocycles. The Labute approximate surface area is 160 Å². The standard InChI is InChI=1S/C17H22N6O3S/c1-2-26-9-14-21-22-17(27-14)23-8-10(6-15(23)24)16(25)18-7-13-11-4-3-5-12(11)19-20-13/h10H,2-9H2,1H3,(H,18,25)(H,19,20). The topological polar surface area (TPSA) is 113 Å². The highest BCUT2D eigenvalue weighted by molar-refractivity contribution is 7.15. The molecular weight excluding hydrogens is 368 g/mol. The average molecular weight is 390 g/mol. The third-order valence-corrected chi connectivity index (χ3v) is 5.85. The number of aromatic nitrogens is 4. The summed E-state index contributed by atoms with van der Waals surface area (Å²) in [6, 6.07) is 0. The number of hydrogen-bond donors (Lipinski definition) is 2. The van der Waals surface area contributed by atoms with Gasteiger partial charge in [0.05, 0.1) is 18.2 Å². The first-order valence-electron chi connectivity index (χ1n) is 9.19. The minimum absolute atomic E-state index is 0.102. The van der Waals surface area contributed by atoms with Crippen molar-refractivity contribution in [1.82, 2.24) is 25.7 Å². The van der Waals surface area contributed by atoms with Crippen LogP contribution in [0.1, 0.15) is 41.7 Å². The molecule has 1 unspecified atom stereocenters. The van der Waals surface area contributed by atoms with Gasteiger partial charge in [-0.05, 0) is 31.7 Å². The van der Waals surface area contributed by atoms with Gasteiger partial charge in [0.2, 0.25) is 16.9 Å². The van der Waals surface area contributed by atoms with Crippen LogP contribution in [0.25, 0.3) is 0 Å². The summed E-state index contributed by atoms with van der Waals surface area (Å²) < 4.78 is 5.31. The fourth-order valence-electron chi connectivity index (χ4n) is 3.52. The van der Waals surface area contributed by atoms with E-state index in [-0.39, 0.29) is 24.2 Å². The van der Waals surface area contributed by atoms with E-state index in [1.165, 1.54) is 22.6 Å². The predicted molar refractivity (Wildman–Crippen MR) is 98.2 cm³/mol. The average Bonchev–Trinajstić information content (AvgIpc) is 3.42. The monoisotopic (exact) mass is 390 g/mol. The van der Waals surface area contributed by atoms with Crippen LogP contribution in [0, 0.1) is 5.92 Å². The van der Waals surface area contributed by atoms with Crippen molar-refractivity contribution < 1.29 is 14.3 Å². The van der Waals surface area contributed by atoms with Gasteiger partial charge in [-0.1, -0.05) is 11.3 Å². The van der Waals surface area contributed by atoms with Crippen molar-refractivity contribution in [2.45, 2.75) is 45.8 Å².